The van der Waals surface area contributed by atoms with Gasteiger partial charge in [-0.2, -0.15) is 13.2 Å². The number of fused-ring (bicyclic) bond motifs is 1. The van der Waals surface area contributed by atoms with Crippen molar-refractivity contribution < 1.29 is 51.3 Å². The molecule has 0 saturated heterocycles. The molecule has 13 heteroatoms. The van der Waals surface area contributed by atoms with Gasteiger partial charge >= 0.3 is 24.1 Å². The number of methoxy groups -OCH3 is 1. The van der Waals surface area contributed by atoms with E-state index in [1.54, 1.807) is 51.1 Å². The number of nitrogens with zero attached hydrogens (tertiary/aromatic N) is 1. The minimum atomic E-state index is -5.47. The van der Waals surface area contributed by atoms with E-state index in [2.05, 4.69) is 10.1 Å². The largest absolute Gasteiger partial charge is 0.487 e. The van der Waals surface area contributed by atoms with Crippen molar-refractivity contribution in [3.05, 3.63) is 58.9 Å². The fourth-order valence-electron chi connectivity index (χ4n) is 4.13. The van der Waals surface area contributed by atoms with Crippen molar-refractivity contribution in [3.63, 3.8) is 0 Å². The van der Waals surface area contributed by atoms with Gasteiger partial charge in [-0.05, 0) is 49.9 Å². The van der Waals surface area contributed by atoms with E-state index in [4.69, 9.17) is 9.47 Å². The molecule has 0 heterocycles. The summed E-state index contributed by atoms with van der Waals surface area (Å²) >= 11 is 0. The molecular formula is C27H30F4N2O7. The highest BCUT2D eigenvalue weighted by Crippen LogP contribution is 2.40. The molecule has 3 rings (SSSR count). The maximum Gasteiger partial charge on any atom is 0.471 e. The van der Waals surface area contributed by atoms with Crippen LogP contribution in [0.4, 0.5) is 28.0 Å². The average molecular weight is 571 g/mol. The molecule has 2 aromatic rings. The Morgan fingerprint density at radius 1 is 1.10 bits per heavy atom. The highest BCUT2D eigenvalue weighted by Gasteiger charge is 2.46. The van der Waals surface area contributed by atoms with Crippen LogP contribution in [0.5, 0.6) is 5.75 Å². The third kappa shape index (κ3) is 7.62. The van der Waals surface area contributed by atoms with Crippen LogP contribution >= 0.6 is 0 Å². The number of esters is 1. The quantitative estimate of drug-likeness (QED) is 0.384. The number of amides is 2. The first kappa shape index (κ1) is 30.7. The van der Waals surface area contributed by atoms with Gasteiger partial charge in [0, 0.05) is 6.42 Å². The first-order chi connectivity index (χ1) is 18.6. The number of anilines is 1. The minimum Gasteiger partial charge on any atom is -0.487 e. The zero-order valence-electron chi connectivity index (χ0n) is 22.3. The van der Waals surface area contributed by atoms with Gasteiger partial charge in [-0.25, -0.2) is 9.18 Å². The van der Waals surface area contributed by atoms with Crippen molar-refractivity contribution in [2.75, 3.05) is 18.6 Å². The molecule has 0 unspecified atom stereocenters. The van der Waals surface area contributed by atoms with Crippen molar-refractivity contribution in [1.82, 2.24) is 5.32 Å². The molecule has 0 aliphatic heterocycles. The van der Waals surface area contributed by atoms with Crippen LogP contribution in [0.3, 0.4) is 0 Å². The molecular weight excluding hydrogens is 540 g/mol. The number of alkyl halides is 3. The Bertz CT molecular complexity index is 1250. The molecule has 2 atom stereocenters. The molecule has 2 N–H and O–H groups in total. The van der Waals surface area contributed by atoms with Crippen LogP contribution in [-0.2, 0) is 38.5 Å². The van der Waals surface area contributed by atoms with Crippen LogP contribution in [0.1, 0.15) is 37.5 Å². The number of carbonyl (C=O) groups excluding carboxylic acids is 3. The van der Waals surface area contributed by atoms with Crippen LogP contribution < -0.4 is 15.0 Å². The fraction of sp³-hybridized carbons (Fsp3) is 0.444. The molecule has 0 aromatic heterocycles. The standard InChI is InChI=1S/C27H30F4N2O7/c1-26(2,3)40-25(37)32-18-12-17-16(10-19(18)34)11-20(39-14-15-8-6-5-7-9-15)23(22(17)28)33(13-21(35)38-4)24(36)27(29,30)31/h5-9,11,18-19,34H,10,12-14H2,1-4H3,(H,32,37)/t18-,19-/m0/s1. The van der Waals surface area contributed by atoms with Gasteiger partial charge in [0.15, 0.2) is 5.82 Å². The second kappa shape index (κ2) is 12.1. The maximum atomic E-state index is 16.2. The maximum absolute atomic E-state index is 16.2. The van der Waals surface area contributed by atoms with E-state index in [9.17, 15) is 32.7 Å². The van der Waals surface area contributed by atoms with Crippen molar-refractivity contribution >= 4 is 23.7 Å². The summed E-state index contributed by atoms with van der Waals surface area (Å²) in [5.74, 6) is -5.47. The predicted molar refractivity (Wildman–Crippen MR) is 134 cm³/mol. The number of alkyl carbamates (subject to hydrolysis) is 1. The lowest BCUT2D eigenvalue weighted by Gasteiger charge is -2.33. The van der Waals surface area contributed by atoms with Crippen LogP contribution in [0.2, 0.25) is 0 Å². The number of ether oxygens (including phenoxy) is 3. The summed E-state index contributed by atoms with van der Waals surface area (Å²) in [6, 6.07) is 8.61. The van der Waals surface area contributed by atoms with Crippen LogP contribution in [0.25, 0.3) is 0 Å². The highest BCUT2D eigenvalue weighted by molar-refractivity contribution is 6.02. The van der Waals surface area contributed by atoms with Crippen molar-refractivity contribution in [2.24, 2.45) is 0 Å². The Morgan fingerprint density at radius 3 is 2.33 bits per heavy atom. The van der Waals surface area contributed by atoms with Crippen LogP contribution in [0, 0.1) is 5.82 Å². The highest BCUT2D eigenvalue weighted by atomic mass is 19.4. The van der Waals surface area contributed by atoms with Gasteiger partial charge in [-0.15, -0.1) is 0 Å². The lowest BCUT2D eigenvalue weighted by molar-refractivity contribution is -0.171. The summed E-state index contributed by atoms with van der Waals surface area (Å²) in [6.45, 7) is 3.40. The summed E-state index contributed by atoms with van der Waals surface area (Å²) in [5.41, 5.74) is -1.17. The fourth-order valence-corrected chi connectivity index (χ4v) is 4.13. The Morgan fingerprint density at radius 2 is 1.75 bits per heavy atom. The lowest BCUT2D eigenvalue weighted by Crippen LogP contribution is -2.50. The SMILES string of the molecule is COC(=O)CN(C(=O)C(F)(F)F)c1c(OCc2ccccc2)cc2c(c1F)C[C@H](NC(=O)OC(C)(C)C)[C@@H](O)C2. The molecule has 0 saturated carbocycles. The van der Waals surface area contributed by atoms with E-state index >= 15 is 4.39 Å². The van der Waals surface area contributed by atoms with Crippen molar-refractivity contribution in [1.29, 1.82) is 0 Å². The van der Waals surface area contributed by atoms with E-state index < -0.39 is 65.7 Å². The van der Waals surface area contributed by atoms with Gasteiger partial charge in [-0.3, -0.25) is 14.5 Å². The normalized spacial score (nSPS) is 16.9. The molecule has 218 valence electrons. The lowest BCUT2D eigenvalue weighted by atomic mass is 9.85. The van der Waals surface area contributed by atoms with Gasteiger partial charge < -0.3 is 24.6 Å². The second-order valence-electron chi connectivity index (χ2n) is 10.1. The number of rotatable bonds is 7. The summed E-state index contributed by atoms with van der Waals surface area (Å²) < 4.78 is 72.2. The number of carbonyl (C=O) groups is 3. The topological polar surface area (TPSA) is 114 Å². The van der Waals surface area contributed by atoms with E-state index in [0.29, 0.717) is 5.56 Å². The number of nitrogens with one attached hydrogen (secondary N) is 1. The Kier molecular flexibility index (Phi) is 9.28. The monoisotopic (exact) mass is 570 g/mol. The molecule has 0 fully saturated rings. The Hall–Kier alpha value is -3.87. The molecule has 2 aromatic carbocycles. The molecule has 1 aliphatic carbocycles. The number of aliphatic hydroxyl groups is 1. The molecule has 0 radical (unpaired) electrons. The van der Waals surface area contributed by atoms with Gasteiger partial charge in [-0.1, -0.05) is 30.3 Å². The average Bonchev–Trinajstić information content (AvgIpc) is 2.85. The second-order valence-corrected chi connectivity index (χ2v) is 10.1. The molecule has 0 spiro atoms. The van der Waals surface area contributed by atoms with Crippen molar-refractivity contribution in [3.8, 4) is 5.75 Å². The van der Waals surface area contributed by atoms with Gasteiger partial charge in [0.2, 0.25) is 0 Å². The molecule has 40 heavy (non-hydrogen) atoms. The van der Waals surface area contributed by atoms with Crippen LogP contribution in [0.15, 0.2) is 36.4 Å². The minimum absolute atomic E-state index is 0.0802. The number of aliphatic hydroxyl groups excluding tert-OH is 1. The van der Waals surface area contributed by atoms with Crippen molar-refractivity contribution in [2.45, 2.75) is 64.1 Å². The van der Waals surface area contributed by atoms with E-state index in [1.807, 2.05) is 0 Å². The van der Waals surface area contributed by atoms with Gasteiger partial charge in [0.1, 0.15) is 30.2 Å². The van der Waals surface area contributed by atoms with E-state index in [0.717, 1.165) is 7.11 Å². The third-order valence-corrected chi connectivity index (χ3v) is 5.93. The zero-order chi connectivity index (χ0) is 29.8. The first-order valence-electron chi connectivity index (χ1n) is 12.2. The zero-order valence-corrected chi connectivity index (χ0v) is 22.3. The molecule has 9 nitrogen and oxygen atoms in total. The third-order valence-electron chi connectivity index (χ3n) is 5.93. The Labute approximate surface area is 228 Å². The molecule has 0 bridgehead atoms. The number of hydrogen-bond acceptors (Lipinski definition) is 7. The van der Waals surface area contributed by atoms with Gasteiger partial charge in [0.05, 0.1) is 19.3 Å². The van der Waals surface area contributed by atoms with E-state index in [1.165, 1.54) is 6.07 Å². The number of benzene rings is 2. The summed E-state index contributed by atoms with van der Waals surface area (Å²) in [5, 5.41) is 13.1. The summed E-state index contributed by atoms with van der Waals surface area (Å²) in [6.07, 6.45) is -8.10. The van der Waals surface area contributed by atoms with Gasteiger partial charge in [0.25, 0.3) is 0 Å². The number of halogens is 4. The van der Waals surface area contributed by atoms with Crippen LogP contribution in [-0.4, -0.2) is 60.7 Å². The predicted octanol–water partition coefficient (Wildman–Crippen LogP) is 3.83. The molecule has 1 aliphatic rings. The van der Waals surface area contributed by atoms with E-state index in [-0.39, 0.29) is 35.5 Å². The first-order valence-corrected chi connectivity index (χ1v) is 12.2. The smallest absolute Gasteiger partial charge is 0.471 e. The Balaban J connectivity index is 2.09. The molecule has 2 amide bonds. The summed E-state index contributed by atoms with van der Waals surface area (Å²) in [7, 11) is 0.906. The number of hydrogen-bond donors (Lipinski definition) is 2. The summed E-state index contributed by atoms with van der Waals surface area (Å²) in [4.78, 5) is 36.6.